The average Bonchev–Trinajstić information content (AvgIpc) is 2.42. The first kappa shape index (κ1) is 13.9. The average molecular weight is 270 g/mol. The zero-order chi connectivity index (χ0) is 13.7. The molecule has 0 atom stereocenters. The first-order chi connectivity index (χ1) is 9.15. The number of alkyl halides is 2. The fourth-order valence-corrected chi connectivity index (χ4v) is 1.91. The van der Waals surface area contributed by atoms with Gasteiger partial charge in [-0.2, -0.15) is 8.78 Å². The Morgan fingerprint density at radius 2 is 1.89 bits per heavy atom. The second-order valence-electron chi connectivity index (χ2n) is 4.38. The van der Waals surface area contributed by atoms with Gasteiger partial charge in [0.25, 0.3) is 5.91 Å². The highest BCUT2D eigenvalue weighted by molar-refractivity contribution is 5.92. The molecule has 1 heterocycles. The third-order valence-corrected chi connectivity index (χ3v) is 2.93. The van der Waals surface area contributed by atoms with Crippen molar-refractivity contribution < 1.29 is 18.3 Å². The van der Waals surface area contributed by atoms with Crippen LogP contribution in [0.3, 0.4) is 0 Å². The molecule has 1 fully saturated rings. The van der Waals surface area contributed by atoms with Gasteiger partial charge in [-0.25, -0.2) is 0 Å². The van der Waals surface area contributed by atoms with Crippen LogP contribution in [0.2, 0.25) is 0 Å². The third-order valence-electron chi connectivity index (χ3n) is 2.93. The number of carbonyl (C=O) groups is 1. The van der Waals surface area contributed by atoms with Crippen LogP contribution in [-0.2, 0) is 16.1 Å². The van der Waals surface area contributed by atoms with E-state index in [0.717, 1.165) is 38.4 Å². The summed E-state index contributed by atoms with van der Waals surface area (Å²) in [6.45, 7) is 4.06. The lowest BCUT2D eigenvalue weighted by Gasteiger charge is -2.26. The fraction of sp³-hybridized carbons (Fsp3) is 0.462. The minimum absolute atomic E-state index is 0.385. The Hall–Kier alpha value is -1.53. The Labute approximate surface area is 110 Å². The summed E-state index contributed by atoms with van der Waals surface area (Å²) >= 11 is 0. The van der Waals surface area contributed by atoms with Gasteiger partial charge in [-0.15, -0.1) is 0 Å². The molecule has 0 unspecified atom stereocenters. The van der Waals surface area contributed by atoms with Gasteiger partial charge in [0.1, 0.15) is 0 Å². The van der Waals surface area contributed by atoms with Crippen molar-refractivity contribution in [1.82, 2.24) is 4.90 Å². The SMILES string of the molecule is O=C(Nc1ccc(CN2CCOCC2)cc1)C(F)F. The molecular formula is C13H16F2N2O2. The van der Waals surface area contributed by atoms with Crippen molar-refractivity contribution in [3.8, 4) is 0 Å². The number of ether oxygens (including phenoxy) is 1. The molecule has 1 amide bonds. The number of morpholine rings is 1. The van der Waals surface area contributed by atoms with Crippen LogP contribution in [-0.4, -0.2) is 43.5 Å². The Morgan fingerprint density at radius 1 is 1.26 bits per heavy atom. The lowest BCUT2D eigenvalue weighted by atomic mass is 10.2. The van der Waals surface area contributed by atoms with Gasteiger partial charge in [0.05, 0.1) is 13.2 Å². The molecule has 0 aliphatic carbocycles. The highest BCUT2D eigenvalue weighted by atomic mass is 19.3. The van der Waals surface area contributed by atoms with Gasteiger partial charge in [-0.05, 0) is 17.7 Å². The molecule has 1 aromatic carbocycles. The first-order valence-corrected chi connectivity index (χ1v) is 6.13. The minimum atomic E-state index is -2.99. The van der Waals surface area contributed by atoms with Gasteiger partial charge in [-0.1, -0.05) is 12.1 Å². The van der Waals surface area contributed by atoms with Crippen molar-refractivity contribution in [1.29, 1.82) is 0 Å². The number of hydrogen-bond acceptors (Lipinski definition) is 3. The maximum Gasteiger partial charge on any atom is 0.315 e. The summed E-state index contributed by atoms with van der Waals surface area (Å²) in [6, 6.07) is 6.93. The largest absolute Gasteiger partial charge is 0.379 e. The van der Waals surface area contributed by atoms with Crippen LogP contribution in [0.25, 0.3) is 0 Å². The van der Waals surface area contributed by atoms with E-state index in [0.29, 0.717) is 5.69 Å². The number of benzene rings is 1. The minimum Gasteiger partial charge on any atom is -0.379 e. The predicted molar refractivity (Wildman–Crippen MR) is 67.2 cm³/mol. The van der Waals surface area contributed by atoms with Crippen LogP contribution in [0, 0.1) is 0 Å². The number of nitrogens with zero attached hydrogens (tertiary/aromatic N) is 1. The maximum absolute atomic E-state index is 12.1. The maximum atomic E-state index is 12.1. The van der Waals surface area contributed by atoms with E-state index in [1.807, 2.05) is 12.1 Å². The molecule has 1 saturated heterocycles. The lowest BCUT2D eigenvalue weighted by Crippen LogP contribution is -2.35. The highest BCUT2D eigenvalue weighted by Gasteiger charge is 2.15. The molecule has 4 nitrogen and oxygen atoms in total. The molecule has 0 bridgehead atoms. The molecule has 2 rings (SSSR count). The van der Waals surface area contributed by atoms with Crippen molar-refractivity contribution in [2.75, 3.05) is 31.6 Å². The number of carbonyl (C=O) groups excluding carboxylic acids is 1. The molecule has 0 aromatic heterocycles. The van der Waals surface area contributed by atoms with Crippen LogP contribution in [0.15, 0.2) is 24.3 Å². The molecule has 0 saturated carbocycles. The summed E-state index contributed by atoms with van der Waals surface area (Å²) in [5, 5.41) is 2.15. The number of rotatable bonds is 4. The molecular weight excluding hydrogens is 254 g/mol. The van der Waals surface area contributed by atoms with E-state index in [2.05, 4.69) is 10.2 Å². The van der Waals surface area contributed by atoms with Gasteiger partial charge < -0.3 is 10.1 Å². The summed E-state index contributed by atoms with van der Waals surface area (Å²) in [6.07, 6.45) is -2.99. The Bertz CT molecular complexity index is 417. The molecule has 19 heavy (non-hydrogen) atoms. The number of amides is 1. The van der Waals surface area contributed by atoms with E-state index in [4.69, 9.17) is 4.74 Å². The van der Waals surface area contributed by atoms with E-state index in [1.165, 1.54) is 0 Å². The standard InChI is InChI=1S/C13H16F2N2O2/c14-12(15)13(18)16-11-3-1-10(2-4-11)9-17-5-7-19-8-6-17/h1-4,12H,5-9H2,(H,16,18). The monoisotopic (exact) mass is 270 g/mol. The molecule has 104 valence electrons. The molecule has 1 aromatic rings. The summed E-state index contributed by atoms with van der Waals surface area (Å²) in [5.41, 5.74) is 1.47. The van der Waals surface area contributed by atoms with Crippen LogP contribution in [0.5, 0.6) is 0 Å². The number of hydrogen-bond donors (Lipinski definition) is 1. The summed E-state index contributed by atoms with van der Waals surface area (Å²) in [7, 11) is 0. The van der Waals surface area contributed by atoms with Gasteiger partial charge >= 0.3 is 6.43 Å². The van der Waals surface area contributed by atoms with Crippen LogP contribution in [0.4, 0.5) is 14.5 Å². The van der Waals surface area contributed by atoms with Crippen molar-refractivity contribution in [2.45, 2.75) is 13.0 Å². The van der Waals surface area contributed by atoms with Gasteiger partial charge in [0.2, 0.25) is 0 Å². The van der Waals surface area contributed by atoms with Crippen molar-refractivity contribution >= 4 is 11.6 Å². The molecule has 6 heteroatoms. The van der Waals surface area contributed by atoms with Crippen molar-refractivity contribution in [3.63, 3.8) is 0 Å². The third kappa shape index (κ3) is 4.25. The van der Waals surface area contributed by atoms with E-state index in [9.17, 15) is 13.6 Å². The molecule has 1 aliphatic heterocycles. The molecule has 0 radical (unpaired) electrons. The Balaban J connectivity index is 1.88. The van der Waals surface area contributed by atoms with E-state index >= 15 is 0 Å². The molecule has 1 N–H and O–H groups in total. The predicted octanol–water partition coefficient (Wildman–Crippen LogP) is 1.72. The Kier molecular flexibility index (Phi) is 4.81. The highest BCUT2D eigenvalue weighted by Crippen LogP contribution is 2.13. The van der Waals surface area contributed by atoms with Crippen LogP contribution in [0.1, 0.15) is 5.56 Å². The van der Waals surface area contributed by atoms with Crippen molar-refractivity contribution in [3.05, 3.63) is 29.8 Å². The summed E-state index contributed by atoms with van der Waals surface area (Å²) in [4.78, 5) is 13.1. The summed E-state index contributed by atoms with van der Waals surface area (Å²) < 4.78 is 29.4. The quantitative estimate of drug-likeness (QED) is 0.905. The number of halogens is 2. The normalized spacial score (nSPS) is 16.6. The van der Waals surface area contributed by atoms with Crippen LogP contribution >= 0.6 is 0 Å². The number of anilines is 1. The molecule has 1 aliphatic rings. The summed E-state index contributed by atoms with van der Waals surface area (Å²) in [5.74, 6) is -1.28. The van der Waals surface area contributed by atoms with E-state index < -0.39 is 12.3 Å². The zero-order valence-corrected chi connectivity index (χ0v) is 10.4. The van der Waals surface area contributed by atoms with Gasteiger partial charge in [0.15, 0.2) is 0 Å². The zero-order valence-electron chi connectivity index (χ0n) is 10.4. The van der Waals surface area contributed by atoms with E-state index in [1.54, 1.807) is 12.1 Å². The Morgan fingerprint density at radius 3 is 2.47 bits per heavy atom. The second-order valence-corrected chi connectivity index (χ2v) is 4.38. The number of nitrogens with one attached hydrogen (secondary N) is 1. The van der Waals surface area contributed by atoms with Gasteiger partial charge in [0, 0.05) is 25.3 Å². The van der Waals surface area contributed by atoms with Gasteiger partial charge in [-0.3, -0.25) is 9.69 Å². The second kappa shape index (κ2) is 6.58. The fourth-order valence-electron chi connectivity index (χ4n) is 1.91. The topological polar surface area (TPSA) is 41.6 Å². The smallest absolute Gasteiger partial charge is 0.315 e. The van der Waals surface area contributed by atoms with Crippen LogP contribution < -0.4 is 5.32 Å². The molecule has 0 spiro atoms. The lowest BCUT2D eigenvalue weighted by molar-refractivity contribution is -0.126. The van der Waals surface area contributed by atoms with E-state index in [-0.39, 0.29) is 0 Å². The van der Waals surface area contributed by atoms with Crippen molar-refractivity contribution in [2.24, 2.45) is 0 Å². The first-order valence-electron chi connectivity index (χ1n) is 6.13.